The molecule has 4 nitrogen and oxygen atoms in total. The van der Waals surface area contributed by atoms with Crippen molar-refractivity contribution < 1.29 is 31.1 Å². The first-order chi connectivity index (χ1) is 17.0. The van der Waals surface area contributed by atoms with Crippen molar-refractivity contribution in [2.24, 2.45) is 0 Å². The average molecular weight is 519 g/mol. The molecule has 184 valence electrons. The number of anilines is 1. The molecule has 36 heavy (non-hydrogen) atoms. The fourth-order valence-corrected chi connectivity index (χ4v) is 4.09. The predicted molar refractivity (Wildman–Crippen MR) is 122 cm³/mol. The first kappa shape index (κ1) is 25.2. The highest BCUT2D eigenvalue weighted by molar-refractivity contribution is 7.99. The topological polar surface area (TPSA) is 54.9 Å². The van der Waals surface area contributed by atoms with Crippen LogP contribution in [-0.4, -0.2) is 15.9 Å². The van der Waals surface area contributed by atoms with Gasteiger partial charge in [0, 0.05) is 22.3 Å². The van der Waals surface area contributed by atoms with E-state index in [1.54, 1.807) is 30.3 Å². The van der Waals surface area contributed by atoms with Gasteiger partial charge in [-0.3, -0.25) is 4.79 Å². The molecule has 3 aromatic carbocycles. The Kier molecular flexibility index (Phi) is 7.02. The minimum atomic E-state index is -4.61. The Bertz CT molecular complexity index is 1390. The third-order valence-electron chi connectivity index (χ3n) is 4.85. The van der Waals surface area contributed by atoms with E-state index in [1.165, 1.54) is 24.4 Å². The highest BCUT2D eigenvalue weighted by Crippen LogP contribution is 2.36. The van der Waals surface area contributed by atoms with Crippen LogP contribution in [0.1, 0.15) is 21.5 Å². The molecule has 1 N–H and O–H groups in total. The Labute approximate surface area is 205 Å². The number of rotatable bonds is 5. The van der Waals surface area contributed by atoms with Crippen molar-refractivity contribution in [3.05, 3.63) is 102 Å². The molecule has 0 unspecified atom stereocenters. The number of carbonyl (C=O) groups excluding carboxylic acids is 1. The number of alkyl halides is 6. The zero-order chi connectivity index (χ0) is 25.9. The fourth-order valence-electron chi connectivity index (χ4n) is 3.15. The highest BCUT2D eigenvalue weighted by Gasteiger charge is 2.31. The van der Waals surface area contributed by atoms with E-state index in [-0.39, 0.29) is 27.0 Å². The van der Waals surface area contributed by atoms with Crippen LogP contribution in [0.15, 0.2) is 95.0 Å². The molecule has 0 aliphatic carbocycles. The smallest absolute Gasteiger partial charge is 0.322 e. The summed E-state index contributed by atoms with van der Waals surface area (Å²) in [6, 6.07) is 17.3. The molecule has 4 rings (SSSR count). The van der Waals surface area contributed by atoms with Gasteiger partial charge in [-0.25, -0.2) is 9.97 Å². The quantitative estimate of drug-likeness (QED) is 0.218. The number of nitrogens with one attached hydrogen (secondary N) is 1. The van der Waals surface area contributed by atoms with Crippen molar-refractivity contribution in [2.45, 2.75) is 22.3 Å². The number of nitrogens with zero attached hydrogens (tertiary/aromatic N) is 2. The van der Waals surface area contributed by atoms with E-state index < -0.39 is 29.4 Å². The first-order valence-corrected chi connectivity index (χ1v) is 11.1. The van der Waals surface area contributed by atoms with Crippen LogP contribution in [0.25, 0.3) is 11.4 Å². The fraction of sp³-hybridized carbons (Fsp3) is 0.0800. The Morgan fingerprint density at radius 3 is 2.08 bits per heavy atom. The number of hydrogen-bond donors (Lipinski definition) is 1. The monoisotopic (exact) mass is 519 g/mol. The van der Waals surface area contributed by atoms with Gasteiger partial charge in [-0.2, -0.15) is 26.3 Å². The first-order valence-electron chi connectivity index (χ1n) is 10.3. The normalized spacial score (nSPS) is 11.8. The van der Waals surface area contributed by atoms with E-state index in [1.807, 2.05) is 0 Å². The molecule has 0 aliphatic rings. The van der Waals surface area contributed by atoms with E-state index >= 15 is 0 Å². The molecular formula is C25H15F6N3OS. The molecule has 0 radical (unpaired) electrons. The SMILES string of the molecule is O=C(Nc1cccc(C(F)(F)F)c1)c1cnc(-c2ccccc2)nc1Sc1cccc(C(F)(F)F)c1. The molecule has 1 aromatic heterocycles. The van der Waals surface area contributed by atoms with Crippen molar-refractivity contribution in [3.63, 3.8) is 0 Å². The third-order valence-corrected chi connectivity index (χ3v) is 5.85. The van der Waals surface area contributed by atoms with Crippen molar-refractivity contribution in [3.8, 4) is 11.4 Å². The number of aromatic nitrogens is 2. The second-order valence-corrected chi connectivity index (χ2v) is 8.50. The molecule has 0 saturated carbocycles. The van der Waals surface area contributed by atoms with Gasteiger partial charge in [-0.15, -0.1) is 0 Å². The number of amides is 1. The molecule has 0 bridgehead atoms. The molecular weight excluding hydrogens is 504 g/mol. The minimum Gasteiger partial charge on any atom is -0.322 e. The second-order valence-electron chi connectivity index (χ2n) is 7.44. The lowest BCUT2D eigenvalue weighted by molar-refractivity contribution is -0.138. The lowest BCUT2D eigenvalue weighted by Gasteiger charge is -2.13. The maximum atomic E-state index is 13.2. The largest absolute Gasteiger partial charge is 0.416 e. The Hall–Kier alpha value is -3.86. The average Bonchev–Trinajstić information content (AvgIpc) is 2.84. The van der Waals surface area contributed by atoms with Crippen molar-refractivity contribution in [1.82, 2.24) is 9.97 Å². The summed E-state index contributed by atoms with van der Waals surface area (Å²) in [6.45, 7) is 0. The lowest BCUT2D eigenvalue weighted by atomic mass is 10.2. The van der Waals surface area contributed by atoms with Crippen LogP contribution in [0.5, 0.6) is 0 Å². The van der Waals surface area contributed by atoms with Crippen LogP contribution < -0.4 is 5.32 Å². The molecule has 0 atom stereocenters. The maximum absolute atomic E-state index is 13.2. The summed E-state index contributed by atoms with van der Waals surface area (Å²) in [6.07, 6.45) is -7.99. The summed E-state index contributed by atoms with van der Waals surface area (Å²) >= 11 is 0.808. The summed E-state index contributed by atoms with van der Waals surface area (Å²) in [7, 11) is 0. The van der Waals surface area contributed by atoms with Crippen LogP contribution in [0.2, 0.25) is 0 Å². The zero-order valence-electron chi connectivity index (χ0n) is 18.1. The Morgan fingerprint density at radius 1 is 0.778 bits per heavy atom. The summed E-state index contributed by atoms with van der Waals surface area (Å²) in [4.78, 5) is 21.7. The van der Waals surface area contributed by atoms with Crippen LogP contribution in [0.3, 0.4) is 0 Å². The maximum Gasteiger partial charge on any atom is 0.416 e. The van der Waals surface area contributed by atoms with Crippen LogP contribution in [0, 0.1) is 0 Å². The Morgan fingerprint density at radius 2 is 1.42 bits per heavy atom. The van der Waals surface area contributed by atoms with Crippen molar-refractivity contribution in [2.75, 3.05) is 5.32 Å². The summed E-state index contributed by atoms with van der Waals surface area (Å²) < 4.78 is 78.7. The van der Waals surface area contributed by atoms with Gasteiger partial charge in [0.2, 0.25) is 0 Å². The summed E-state index contributed by atoms with van der Waals surface area (Å²) in [5.41, 5.74) is -1.45. The standard InChI is InChI=1S/C25H15F6N3OS/c26-24(27,28)16-8-4-10-18(12-16)33-22(35)20-14-32-21(15-6-2-1-3-7-15)34-23(20)36-19-11-5-9-17(13-19)25(29,30)31/h1-14H,(H,33,35). The van der Waals surface area contributed by atoms with Gasteiger partial charge in [0.1, 0.15) is 5.03 Å². The van der Waals surface area contributed by atoms with Crippen LogP contribution in [0.4, 0.5) is 32.0 Å². The Balaban J connectivity index is 1.71. The van der Waals surface area contributed by atoms with Gasteiger partial charge in [-0.1, -0.05) is 54.2 Å². The van der Waals surface area contributed by atoms with Gasteiger partial charge in [0.05, 0.1) is 16.7 Å². The molecule has 11 heteroatoms. The molecule has 0 aliphatic heterocycles. The molecule has 0 spiro atoms. The number of hydrogen-bond acceptors (Lipinski definition) is 4. The molecule has 0 saturated heterocycles. The van der Waals surface area contributed by atoms with Crippen molar-refractivity contribution >= 4 is 23.4 Å². The number of halogens is 6. The van der Waals surface area contributed by atoms with Gasteiger partial charge >= 0.3 is 12.4 Å². The van der Waals surface area contributed by atoms with Crippen LogP contribution in [-0.2, 0) is 12.4 Å². The second kappa shape index (κ2) is 10.0. The minimum absolute atomic E-state index is 0.0349. The number of benzene rings is 3. The van der Waals surface area contributed by atoms with Gasteiger partial charge < -0.3 is 5.32 Å². The van der Waals surface area contributed by atoms with E-state index in [2.05, 4.69) is 15.3 Å². The van der Waals surface area contributed by atoms with E-state index in [9.17, 15) is 31.1 Å². The molecule has 0 fully saturated rings. The van der Waals surface area contributed by atoms with Gasteiger partial charge in [-0.05, 0) is 36.4 Å². The lowest BCUT2D eigenvalue weighted by Crippen LogP contribution is -2.15. The van der Waals surface area contributed by atoms with Gasteiger partial charge in [0.25, 0.3) is 5.91 Å². The number of carbonyl (C=O) groups is 1. The van der Waals surface area contributed by atoms with E-state index in [0.717, 1.165) is 42.1 Å². The predicted octanol–water partition coefficient (Wildman–Crippen LogP) is 7.58. The zero-order valence-corrected chi connectivity index (χ0v) is 18.9. The highest BCUT2D eigenvalue weighted by atomic mass is 32.2. The van der Waals surface area contributed by atoms with Gasteiger partial charge in [0.15, 0.2) is 5.82 Å². The third kappa shape index (κ3) is 6.03. The molecule has 4 aromatic rings. The van der Waals surface area contributed by atoms with E-state index in [4.69, 9.17) is 0 Å². The summed E-state index contributed by atoms with van der Waals surface area (Å²) in [5, 5.41) is 2.41. The molecule has 1 amide bonds. The van der Waals surface area contributed by atoms with Crippen molar-refractivity contribution in [1.29, 1.82) is 0 Å². The molecule has 1 heterocycles. The van der Waals surface area contributed by atoms with Crippen LogP contribution >= 0.6 is 11.8 Å². The van der Waals surface area contributed by atoms with E-state index in [0.29, 0.717) is 5.56 Å². The summed E-state index contributed by atoms with van der Waals surface area (Å²) in [5.74, 6) is -0.593.